The Morgan fingerprint density at radius 2 is 1.79 bits per heavy atom. The van der Waals surface area contributed by atoms with Crippen molar-refractivity contribution in [3.8, 4) is 5.88 Å². The van der Waals surface area contributed by atoms with E-state index in [0.717, 1.165) is 43.3 Å². The number of rotatable bonds is 3. The molecule has 0 aromatic carbocycles. The molecular weight excluding hydrogens is 306 g/mol. The lowest BCUT2D eigenvalue weighted by atomic mass is 10.3. The van der Waals surface area contributed by atoms with Crippen molar-refractivity contribution >= 4 is 17.4 Å². The van der Waals surface area contributed by atoms with E-state index >= 15 is 0 Å². The van der Waals surface area contributed by atoms with E-state index < -0.39 is 0 Å². The van der Waals surface area contributed by atoms with Crippen LogP contribution in [0.1, 0.15) is 5.69 Å². The molecule has 0 N–H and O–H groups in total. The molecule has 4 heterocycles. The van der Waals surface area contributed by atoms with Crippen LogP contribution in [-0.4, -0.2) is 57.9 Å². The van der Waals surface area contributed by atoms with Gasteiger partial charge < -0.3 is 14.5 Å². The number of fused-ring (bicyclic) bond motifs is 1. The second kappa shape index (κ2) is 5.95. The van der Waals surface area contributed by atoms with Crippen molar-refractivity contribution in [2.75, 3.05) is 43.1 Å². The van der Waals surface area contributed by atoms with E-state index in [9.17, 15) is 0 Å². The van der Waals surface area contributed by atoms with Crippen molar-refractivity contribution in [2.24, 2.45) is 0 Å². The van der Waals surface area contributed by atoms with Crippen molar-refractivity contribution in [2.45, 2.75) is 6.92 Å². The molecule has 0 bridgehead atoms. The first-order valence-corrected chi connectivity index (χ1v) is 7.93. The summed E-state index contributed by atoms with van der Waals surface area (Å²) in [5.41, 5.74) is 1.85. The van der Waals surface area contributed by atoms with Gasteiger partial charge in [0.05, 0.1) is 19.0 Å². The van der Waals surface area contributed by atoms with E-state index in [2.05, 4.69) is 29.9 Å². The van der Waals surface area contributed by atoms with Crippen LogP contribution >= 0.6 is 0 Å². The third kappa shape index (κ3) is 2.70. The van der Waals surface area contributed by atoms with Crippen molar-refractivity contribution in [3.05, 3.63) is 36.3 Å². The Morgan fingerprint density at radius 3 is 2.58 bits per heavy atom. The Morgan fingerprint density at radius 1 is 1.00 bits per heavy atom. The lowest BCUT2D eigenvalue weighted by Crippen LogP contribution is -2.47. The van der Waals surface area contributed by atoms with Crippen LogP contribution in [0.25, 0.3) is 5.65 Å². The molecule has 0 radical (unpaired) electrons. The molecule has 1 fully saturated rings. The zero-order chi connectivity index (χ0) is 16.5. The molecule has 0 amide bonds. The molecule has 0 atom stereocenters. The van der Waals surface area contributed by atoms with Crippen LogP contribution in [0.2, 0.25) is 0 Å². The fraction of sp³-hybridized carbons (Fsp3) is 0.375. The molecule has 1 aliphatic heterocycles. The zero-order valence-corrected chi connectivity index (χ0v) is 13.8. The summed E-state index contributed by atoms with van der Waals surface area (Å²) in [5.74, 6) is 2.26. The summed E-state index contributed by atoms with van der Waals surface area (Å²) in [6, 6.07) is 5.79. The van der Waals surface area contributed by atoms with Crippen LogP contribution in [-0.2, 0) is 0 Å². The average molecular weight is 325 g/mol. The van der Waals surface area contributed by atoms with E-state index in [0.29, 0.717) is 11.8 Å². The predicted molar refractivity (Wildman–Crippen MR) is 90.7 cm³/mol. The standard InChI is InChI=1S/C16H19N7O/c1-12-11-23-13(18-12)3-4-14(20-23)21-7-9-22(10-8-21)16-17-6-5-15(19-16)24-2/h3-6,11H,7-10H2,1-2H3. The molecule has 8 heteroatoms. The van der Waals surface area contributed by atoms with E-state index in [4.69, 9.17) is 4.74 Å². The molecule has 4 rings (SSSR count). The third-order valence-corrected chi connectivity index (χ3v) is 4.14. The van der Waals surface area contributed by atoms with Gasteiger partial charge in [0.25, 0.3) is 0 Å². The second-order valence-corrected chi connectivity index (χ2v) is 5.75. The number of anilines is 2. The minimum atomic E-state index is 0.588. The van der Waals surface area contributed by atoms with Gasteiger partial charge in [-0.15, -0.1) is 5.10 Å². The van der Waals surface area contributed by atoms with Crippen LogP contribution in [0.15, 0.2) is 30.6 Å². The van der Waals surface area contributed by atoms with Gasteiger partial charge in [-0.3, -0.25) is 0 Å². The zero-order valence-electron chi connectivity index (χ0n) is 13.8. The minimum absolute atomic E-state index is 0.588. The first-order chi connectivity index (χ1) is 11.7. The number of aryl methyl sites for hydroxylation is 1. The van der Waals surface area contributed by atoms with E-state index in [1.807, 2.05) is 29.8 Å². The normalized spacial score (nSPS) is 15.1. The molecule has 24 heavy (non-hydrogen) atoms. The number of hydrogen-bond acceptors (Lipinski definition) is 7. The lowest BCUT2D eigenvalue weighted by Gasteiger charge is -2.35. The molecule has 0 aliphatic carbocycles. The Labute approximate surface area is 139 Å². The van der Waals surface area contributed by atoms with Gasteiger partial charge in [-0.1, -0.05) is 0 Å². The largest absolute Gasteiger partial charge is 0.481 e. The summed E-state index contributed by atoms with van der Waals surface area (Å²) in [6.45, 7) is 5.40. The maximum atomic E-state index is 5.17. The fourth-order valence-electron chi connectivity index (χ4n) is 2.89. The van der Waals surface area contributed by atoms with Gasteiger partial charge in [0.1, 0.15) is 5.82 Å². The summed E-state index contributed by atoms with van der Waals surface area (Å²) in [7, 11) is 1.61. The molecule has 1 aliphatic rings. The van der Waals surface area contributed by atoms with E-state index in [-0.39, 0.29) is 0 Å². The number of imidazole rings is 1. The van der Waals surface area contributed by atoms with E-state index in [1.54, 1.807) is 19.4 Å². The monoisotopic (exact) mass is 325 g/mol. The topological polar surface area (TPSA) is 71.7 Å². The summed E-state index contributed by atoms with van der Waals surface area (Å²) in [4.78, 5) is 17.6. The fourth-order valence-corrected chi connectivity index (χ4v) is 2.89. The predicted octanol–water partition coefficient (Wildman–Crippen LogP) is 1.16. The van der Waals surface area contributed by atoms with Crippen molar-refractivity contribution < 1.29 is 4.74 Å². The van der Waals surface area contributed by atoms with Gasteiger partial charge in [-0.25, -0.2) is 14.5 Å². The first kappa shape index (κ1) is 14.7. The second-order valence-electron chi connectivity index (χ2n) is 5.75. The Balaban J connectivity index is 1.48. The van der Waals surface area contributed by atoms with Gasteiger partial charge in [0.2, 0.25) is 11.8 Å². The van der Waals surface area contributed by atoms with Gasteiger partial charge in [0, 0.05) is 38.4 Å². The van der Waals surface area contributed by atoms with Gasteiger partial charge >= 0.3 is 0 Å². The molecule has 124 valence electrons. The van der Waals surface area contributed by atoms with Gasteiger partial charge in [-0.05, 0) is 19.1 Å². The number of methoxy groups -OCH3 is 1. The van der Waals surface area contributed by atoms with Gasteiger partial charge in [0.15, 0.2) is 5.65 Å². The average Bonchev–Trinajstić information content (AvgIpc) is 3.01. The molecular formula is C16H19N7O. The Kier molecular flexibility index (Phi) is 3.64. The molecule has 0 unspecified atom stereocenters. The van der Waals surface area contributed by atoms with Crippen molar-refractivity contribution in [1.29, 1.82) is 0 Å². The SMILES string of the molecule is COc1ccnc(N2CCN(c3ccc4nc(C)cn4n3)CC2)n1. The summed E-state index contributed by atoms with van der Waals surface area (Å²) in [6.07, 6.45) is 3.67. The highest BCUT2D eigenvalue weighted by molar-refractivity contribution is 5.48. The molecule has 8 nitrogen and oxygen atoms in total. The molecule has 0 spiro atoms. The molecule has 3 aromatic rings. The molecule has 0 saturated carbocycles. The number of piperazine rings is 1. The van der Waals surface area contributed by atoms with Gasteiger partial charge in [-0.2, -0.15) is 4.98 Å². The van der Waals surface area contributed by atoms with Crippen LogP contribution in [0.4, 0.5) is 11.8 Å². The highest BCUT2D eigenvalue weighted by Gasteiger charge is 2.20. The summed E-state index contributed by atoms with van der Waals surface area (Å²) >= 11 is 0. The first-order valence-electron chi connectivity index (χ1n) is 7.93. The van der Waals surface area contributed by atoms with Crippen LogP contribution in [0.3, 0.4) is 0 Å². The molecule has 1 saturated heterocycles. The van der Waals surface area contributed by atoms with Crippen molar-refractivity contribution in [1.82, 2.24) is 24.6 Å². The van der Waals surface area contributed by atoms with Crippen LogP contribution < -0.4 is 14.5 Å². The Bertz CT molecular complexity index is 855. The summed E-state index contributed by atoms with van der Waals surface area (Å²) in [5, 5.41) is 4.66. The van der Waals surface area contributed by atoms with Crippen molar-refractivity contribution in [3.63, 3.8) is 0 Å². The van der Waals surface area contributed by atoms with E-state index in [1.165, 1.54) is 0 Å². The molecule has 3 aromatic heterocycles. The number of ether oxygens (including phenoxy) is 1. The highest BCUT2D eigenvalue weighted by Crippen LogP contribution is 2.18. The minimum Gasteiger partial charge on any atom is -0.481 e. The summed E-state index contributed by atoms with van der Waals surface area (Å²) < 4.78 is 7.01. The number of aromatic nitrogens is 5. The maximum absolute atomic E-state index is 5.17. The maximum Gasteiger partial charge on any atom is 0.228 e. The quantitative estimate of drug-likeness (QED) is 0.715. The van der Waals surface area contributed by atoms with Crippen LogP contribution in [0.5, 0.6) is 5.88 Å². The third-order valence-electron chi connectivity index (χ3n) is 4.14. The van der Waals surface area contributed by atoms with Crippen LogP contribution in [0, 0.1) is 6.92 Å². The lowest BCUT2D eigenvalue weighted by molar-refractivity contribution is 0.396. The smallest absolute Gasteiger partial charge is 0.228 e. The number of nitrogens with zero attached hydrogens (tertiary/aromatic N) is 7. The Hall–Kier alpha value is -2.90. The highest BCUT2D eigenvalue weighted by atomic mass is 16.5. The number of hydrogen-bond donors (Lipinski definition) is 0.